The maximum atomic E-state index is 12.9. The first-order valence-corrected chi connectivity index (χ1v) is 27.9. The van der Waals surface area contributed by atoms with E-state index in [1.165, 1.54) is 103 Å². The highest BCUT2D eigenvalue weighted by atomic mass is 16.7. The second kappa shape index (κ2) is 47.6. The molecule has 0 aromatic heterocycles. The number of likely N-dealkylation sites (N-methyl/N-ethyl adjacent to an activating group) is 2. The highest BCUT2D eigenvalue weighted by Gasteiger charge is 2.18. The summed E-state index contributed by atoms with van der Waals surface area (Å²) in [5.74, 6) is 0.871. The number of carbonyl (C=O) groups excluding carboxylic acids is 3. The van der Waals surface area contributed by atoms with Crippen molar-refractivity contribution in [1.82, 2.24) is 9.80 Å². The fourth-order valence-electron chi connectivity index (χ4n) is 8.87. The minimum Gasteiger partial charge on any atom is -0.466 e. The van der Waals surface area contributed by atoms with E-state index in [0.717, 1.165) is 129 Å². The quantitative estimate of drug-likeness (QED) is 0.0336. The number of carbonyl (C=O) groups is 3. The molecule has 0 fully saturated rings. The predicted octanol–water partition coefficient (Wildman–Crippen LogP) is 15.4. The second-order valence-corrected chi connectivity index (χ2v) is 19.0. The number of unbranched alkanes of at least 4 members (excludes halogenated alkanes) is 19. The second-order valence-electron chi connectivity index (χ2n) is 19.0. The predicted molar refractivity (Wildman–Crippen MR) is 270 cm³/mol. The minimum atomic E-state index is -0.559. The lowest BCUT2D eigenvalue weighted by Crippen LogP contribution is -2.37. The van der Waals surface area contributed by atoms with Crippen molar-refractivity contribution in [3.05, 3.63) is 0 Å². The van der Waals surface area contributed by atoms with Gasteiger partial charge in [0.1, 0.15) is 12.7 Å². The third-order valence-electron chi connectivity index (χ3n) is 13.4. The van der Waals surface area contributed by atoms with E-state index in [2.05, 4.69) is 58.3 Å². The van der Waals surface area contributed by atoms with Crippen LogP contribution in [0.15, 0.2) is 0 Å². The van der Waals surface area contributed by atoms with Gasteiger partial charge in [0.2, 0.25) is 0 Å². The maximum Gasteiger partial charge on any atom is 0.508 e. The largest absolute Gasteiger partial charge is 0.508 e. The van der Waals surface area contributed by atoms with Crippen LogP contribution in [-0.4, -0.2) is 93.1 Å². The van der Waals surface area contributed by atoms with Gasteiger partial charge < -0.3 is 23.8 Å². The Kier molecular flexibility index (Phi) is 46.2. The fraction of sp³-hybridized carbons (Fsp3) is 0.945. The van der Waals surface area contributed by atoms with Gasteiger partial charge in [0.05, 0.1) is 13.2 Å². The topological polar surface area (TPSA) is 94.6 Å². The van der Waals surface area contributed by atoms with Gasteiger partial charge >= 0.3 is 18.1 Å². The molecule has 9 heteroatoms. The van der Waals surface area contributed by atoms with Gasteiger partial charge in [-0.1, -0.05) is 183 Å². The molecule has 0 aromatic rings. The van der Waals surface area contributed by atoms with Crippen LogP contribution in [0.25, 0.3) is 0 Å². The van der Waals surface area contributed by atoms with Gasteiger partial charge in [-0.15, -0.1) is 0 Å². The molecule has 380 valence electrons. The van der Waals surface area contributed by atoms with E-state index in [1.54, 1.807) is 0 Å². The smallest absolute Gasteiger partial charge is 0.466 e. The molecule has 1 unspecified atom stereocenters. The van der Waals surface area contributed by atoms with Crippen LogP contribution in [0.4, 0.5) is 4.79 Å². The molecule has 64 heavy (non-hydrogen) atoms. The molecule has 0 bridgehead atoms. The van der Waals surface area contributed by atoms with Crippen LogP contribution < -0.4 is 0 Å². The van der Waals surface area contributed by atoms with Gasteiger partial charge in [0, 0.05) is 32.5 Å². The van der Waals surface area contributed by atoms with Crippen molar-refractivity contribution in [1.29, 1.82) is 0 Å². The summed E-state index contributed by atoms with van der Waals surface area (Å²) in [6.45, 7) is 22.5. The summed E-state index contributed by atoms with van der Waals surface area (Å²) in [6.07, 6.45) is 35.5. The zero-order chi connectivity index (χ0) is 47.1. The number of esters is 2. The average molecular weight is 909 g/mol. The number of nitrogens with zero attached hydrogens (tertiary/aromatic N) is 2. The van der Waals surface area contributed by atoms with Crippen molar-refractivity contribution < 1.29 is 33.3 Å². The van der Waals surface area contributed by atoms with Crippen LogP contribution in [0.1, 0.15) is 260 Å². The van der Waals surface area contributed by atoms with E-state index in [4.69, 9.17) is 18.9 Å². The molecule has 0 amide bonds. The van der Waals surface area contributed by atoms with Crippen molar-refractivity contribution in [2.45, 2.75) is 266 Å². The van der Waals surface area contributed by atoms with Crippen LogP contribution in [0, 0.1) is 11.8 Å². The van der Waals surface area contributed by atoms with Crippen LogP contribution in [0.3, 0.4) is 0 Å². The van der Waals surface area contributed by atoms with Crippen LogP contribution in [0.2, 0.25) is 0 Å². The van der Waals surface area contributed by atoms with E-state index < -0.39 is 6.16 Å². The van der Waals surface area contributed by atoms with E-state index in [0.29, 0.717) is 51.0 Å². The molecule has 0 aliphatic carbocycles. The first-order valence-electron chi connectivity index (χ1n) is 27.9. The van der Waals surface area contributed by atoms with Gasteiger partial charge in [-0.05, 0) is 95.7 Å². The third-order valence-corrected chi connectivity index (χ3v) is 13.4. The summed E-state index contributed by atoms with van der Waals surface area (Å²) >= 11 is 0. The lowest BCUT2D eigenvalue weighted by Gasteiger charge is -2.25. The molecule has 0 saturated heterocycles. The summed E-state index contributed by atoms with van der Waals surface area (Å²) in [6, 6.07) is 0. The Morgan fingerprint density at radius 3 is 1.09 bits per heavy atom. The molecule has 0 spiro atoms. The van der Waals surface area contributed by atoms with Gasteiger partial charge in [-0.2, -0.15) is 0 Å². The Balaban J connectivity index is 4.81. The van der Waals surface area contributed by atoms with E-state index in [9.17, 15) is 14.4 Å². The first-order chi connectivity index (χ1) is 31.3. The van der Waals surface area contributed by atoms with Crippen molar-refractivity contribution in [2.24, 2.45) is 11.8 Å². The highest BCUT2D eigenvalue weighted by Crippen LogP contribution is 2.24. The van der Waals surface area contributed by atoms with Crippen LogP contribution in [0.5, 0.6) is 0 Å². The van der Waals surface area contributed by atoms with Gasteiger partial charge in [-0.3, -0.25) is 14.5 Å². The zero-order valence-corrected chi connectivity index (χ0v) is 43.7. The average Bonchev–Trinajstić information content (AvgIpc) is 3.29. The Morgan fingerprint density at radius 2 is 0.703 bits per heavy atom. The molecule has 0 rings (SSSR count). The van der Waals surface area contributed by atoms with Gasteiger partial charge in [0.15, 0.2) is 0 Å². The number of hydrogen-bond donors (Lipinski definition) is 0. The first kappa shape index (κ1) is 62.1. The normalized spacial score (nSPS) is 12.2. The van der Waals surface area contributed by atoms with E-state index in [-0.39, 0.29) is 18.0 Å². The number of ether oxygens (including phenoxy) is 4. The fourth-order valence-corrected chi connectivity index (χ4v) is 8.87. The summed E-state index contributed by atoms with van der Waals surface area (Å²) in [7, 11) is 0. The molecule has 0 N–H and O–H groups in total. The number of rotatable bonds is 49. The Morgan fingerprint density at radius 1 is 0.359 bits per heavy atom. The van der Waals surface area contributed by atoms with Crippen LogP contribution >= 0.6 is 0 Å². The molecule has 9 nitrogen and oxygen atoms in total. The lowest BCUT2D eigenvalue weighted by atomic mass is 9.92. The third kappa shape index (κ3) is 40.4. The molecular formula is C55H108N2O7. The lowest BCUT2D eigenvalue weighted by molar-refractivity contribution is -0.146. The standard InChI is InChI=1S/C55H108N2O7/c1-8-15-19-28-36-50(37-29-20-16-9-2)48-53(58)61-45-34-26-23-24-32-40-52(64-55(60)63-47-44-57(14-7)43-42-56(12-5)13-6)41-33-25-27-35-46-62-54(59)49-51(38-30-21-17-10-3)39-31-22-18-11-4/h50-52H,8-49H2,1-7H3. The molecule has 0 radical (unpaired) electrons. The molecule has 0 heterocycles. The van der Waals surface area contributed by atoms with Crippen molar-refractivity contribution in [2.75, 3.05) is 59.1 Å². The summed E-state index contributed by atoms with van der Waals surface area (Å²) in [4.78, 5) is 43.1. The zero-order valence-electron chi connectivity index (χ0n) is 43.7. The van der Waals surface area contributed by atoms with Gasteiger partial charge in [0.25, 0.3) is 0 Å². The molecule has 1 atom stereocenters. The highest BCUT2D eigenvalue weighted by molar-refractivity contribution is 5.70. The van der Waals surface area contributed by atoms with Crippen molar-refractivity contribution in [3.63, 3.8) is 0 Å². The van der Waals surface area contributed by atoms with E-state index >= 15 is 0 Å². The molecule has 0 aliphatic heterocycles. The number of hydrogen-bond acceptors (Lipinski definition) is 9. The molecule has 0 aromatic carbocycles. The summed E-state index contributed by atoms with van der Waals surface area (Å²) in [5, 5.41) is 0. The Hall–Kier alpha value is -1.87. The summed E-state index contributed by atoms with van der Waals surface area (Å²) < 4.78 is 23.0. The van der Waals surface area contributed by atoms with Crippen molar-refractivity contribution >= 4 is 18.1 Å². The maximum absolute atomic E-state index is 12.9. The van der Waals surface area contributed by atoms with Crippen molar-refractivity contribution in [3.8, 4) is 0 Å². The molecule has 0 saturated carbocycles. The van der Waals surface area contributed by atoms with E-state index in [1.807, 2.05) is 0 Å². The van der Waals surface area contributed by atoms with Crippen LogP contribution in [-0.2, 0) is 28.5 Å². The molecule has 0 aliphatic rings. The minimum absolute atomic E-state index is 0.0176. The monoisotopic (exact) mass is 909 g/mol. The molecular weight excluding hydrogens is 801 g/mol. The van der Waals surface area contributed by atoms with Gasteiger partial charge in [-0.25, -0.2) is 4.79 Å². The Bertz CT molecular complexity index is 1000. The Labute approximate surface area is 397 Å². The summed E-state index contributed by atoms with van der Waals surface area (Å²) in [5.41, 5.74) is 0. The SMILES string of the molecule is CCCCCCC(CCCCCC)CC(=O)OCCCCCCCC(CCCCCCOC(=O)CC(CCCCCC)CCCCCC)OC(=O)OCCN(CC)CCN(CC)CC.